The van der Waals surface area contributed by atoms with Gasteiger partial charge < -0.3 is 19.9 Å². The number of phenolic OH excluding ortho intramolecular Hbond substituents is 1. The molecule has 1 heterocycles. The predicted molar refractivity (Wildman–Crippen MR) is 114 cm³/mol. The van der Waals surface area contributed by atoms with Gasteiger partial charge in [0, 0.05) is 17.5 Å². The molecule has 0 aliphatic rings. The molecule has 0 amide bonds. The van der Waals surface area contributed by atoms with Crippen LogP contribution < -0.4 is 10.9 Å². The highest BCUT2D eigenvalue weighted by Crippen LogP contribution is 2.30. The molecular formula is C23H33NO5. The number of carbonyl (C=O) groups is 1. The minimum absolute atomic E-state index is 0.0167. The molecular weight excluding hydrogens is 370 g/mol. The zero-order valence-electron chi connectivity index (χ0n) is 17.9. The molecule has 0 bridgehead atoms. The number of hydrogen-bond donors (Lipinski definition) is 3. The summed E-state index contributed by atoms with van der Waals surface area (Å²) in [6.07, 6.45) is 5.43. The number of unbranched alkanes of at least 4 members (excludes halogenated alkanes) is 3. The van der Waals surface area contributed by atoms with Crippen LogP contribution in [0.25, 0.3) is 11.0 Å². The van der Waals surface area contributed by atoms with Gasteiger partial charge in [-0.25, -0.2) is 4.79 Å². The number of carboxylic acids is 1. The molecule has 1 aromatic carbocycles. The lowest BCUT2D eigenvalue weighted by molar-refractivity contribution is -0.140. The van der Waals surface area contributed by atoms with Crippen molar-refractivity contribution in [3.63, 3.8) is 0 Å². The first-order chi connectivity index (χ1) is 13.8. The van der Waals surface area contributed by atoms with E-state index in [-0.39, 0.29) is 23.8 Å². The highest BCUT2D eigenvalue weighted by molar-refractivity contribution is 5.85. The molecule has 0 unspecified atom stereocenters. The van der Waals surface area contributed by atoms with Crippen molar-refractivity contribution in [1.82, 2.24) is 5.32 Å². The van der Waals surface area contributed by atoms with Gasteiger partial charge in [0.15, 0.2) is 0 Å². The Morgan fingerprint density at radius 2 is 1.90 bits per heavy atom. The molecule has 160 valence electrons. The van der Waals surface area contributed by atoms with E-state index in [2.05, 4.69) is 12.2 Å². The highest BCUT2D eigenvalue weighted by atomic mass is 16.4. The molecule has 0 saturated carbocycles. The molecule has 0 radical (unpaired) electrons. The lowest BCUT2D eigenvalue weighted by Gasteiger charge is -2.18. The second-order valence-electron chi connectivity index (χ2n) is 8.14. The average Bonchev–Trinajstić information content (AvgIpc) is 2.65. The first-order valence-corrected chi connectivity index (χ1v) is 10.5. The van der Waals surface area contributed by atoms with Crippen LogP contribution in [0.5, 0.6) is 5.75 Å². The average molecular weight is 404 g/mol. The summed E-state index contributed by atoms with van der Waals surface area (Å²) in [6, 6.07) is 2.59. The Hall–Kier alpha value is -2.34. The minimum atomic E-state index is -0.939. The van der Waals surface area contributed by atoms with E-state index in [1.807, 2.05) is 20.8 Å². The first kappa shape index (κ1) is 22.9. The molecule has 6 heteroatoms. The van der Waals surface area contributed by atoms with Crippen molar-refractivity contribution in [1.29, 1.82) is 0 Å². The SMILES string of the molecule is CCCCCCc1c(C)c2ccc(O)c(CN[C@@H](CC(C)C)C(=O)O)c2oc1=O. The summed E-state index contributed by atoms with van der Waals surface area (Å²) in [5, 5.41) is 23.5. The van der Waals surface area contributed by atoms with Crippen LogP contribution in [0, 0.1) is 12.8 Å². The highest BCUT2D eigenvalue weighted by Gasteiger charge is 2.21. The Bertz CT molecular complexity index is 900. The number of aliphatic carboxylic acids is 1. The molecule has 3 N–H and O–H groups in total. The van der Waals surface area contributed by atoms with Gasteiger partial charge in [-0.1, -0.05) is 40.0 Å². The number of benzene rings is 1. The number of phenols is 1. The second kappa shape index (κ2) is 10.4. The van der Waals surface area contributed by atoms with E-state index in [1.54, 1.807) is 12.1 Å². The largest absolute Gasteiger partial charge is 0.507 e. The van der Waals surface area contributed by atoms with Gasteiger partial charge in [0.2, 0.25) is 0 Å². The van der Waals surface area contributed by atoms with Crippen molar-refractivity contribution in [3.05, 3.63) is 39.2 Å². The van der Waals surface area contributed by atoms with Gasteiger partial charge >= 0.3 is 11.6 Å². The summed E-state index contributed by atoms with van der Waals surface area (Å²) in [5.41, 5.74) is 1.91. The molecule has 2 aromatic rings. The van der Waals surface area contributed by atoms with E-state index < -0.39 is 12.0 Å². The molecule has 0 spiro atoms. The first-order valence-electron chi connectivity index (χ1n) is 10.5. The molecule has 29 heavy (non-hydrogen) atoms. The van der Waals surface area contributed by atoms with E-state index >= 15 is 0 Å². The number of nitrogens with one attached hydrogen (secondary N) is 1. The Balaban J connectivity index is 2.35. The normalized spacial score (nSPS) is 12.6. The van der Waals surface area contributed by atoms with Crippen LogP contribution >= 0.6 is 0 Å². The Morgan fingerprint density at radius 1 is 1.17 bits per heavy atom. The summed E-state index contributed by atoms with van der Waals surface area (Å²) < 4.78 is 5.61. The molecule has 2 rings (SSSR count). The van der Waals surface area contributed by atoms with Gasteiger partial charge in [-0.05, 0) is 49.8 Å². The van der Waals surface area contributed by atoms with Crippen molar-refractivity contribution in [3.8, 4) is 5.75 Å². The fourth-order valence-corrected chi connectivity index (χ4v) is 3.66. The molecule has 0 aliphatic heterocycles. The molecule has 0 aliphatic carbocycles. The lowest BCUT2D eigenvalue weighted by Crippen LogP contribution is -2.37. The third-order valence-electron chi connectivity index (χ3n) is 5.34. The van der Waals surface area contributed by atoms with Crippen LogP contribution in [0.3, 0.4) is 0 Å². The topological polar surface area (TPSA) is 99.8 Å². The van der Waals surface area contributed by atoms with Gasteiger partial charge in [0.25, 0.3) is 0 Å². The zero-order chi connectivity index (χ0) is 21.6. The van der Waals surface area contributed by atoms with Crippen LogP contribution in [-0.2, 0) is 17.8 Å². The van der Waals surface area contributed by atoms with Gasteiger partial charge in [-0.3, -0.25) is 4.79 Å². The maximum absolute atomic E-state index is 12.6. The van der Waals surface area contributed by atoms with Crippen LogP contribution in [0.2, 0.25) is 0 Å². The fourth-order valence-electron chi connectivity index (χ4n) is 3.66. The molecule has 6 nitrogen and oxygen atoms in total. The van der Waals surface area contributed by atoms with Crippen LogP contribution in [0.4, 0.5) is 0 Å². The van der Waals surface area contributed by atoms with E-state index in [0.717, 1.165) is 36.6 Å². The molecule has 0 fully saturated rings. The van der Waals surface area contributed by atoms with Crippen molar-refractivity contribution in [2.75, 3.05) is 0 Å². The van der Waals surface area contributed by atoms with Crippen LogP contribution in [-0.4, -0.2) is 22.2 Å². The number of rotatable bonds is 11. The van der Waals surface area contributed by atoms with E-state index in [0.29, 0.717) is 29.6 Å². The zero-order valence-corrected chi connectivity index (χ0v) is 17.9. The third kappa shape index (κ3) is 5.82. The third-order valence-corrected chi connectivity index (χ3v) is 5.34. The number of carboxylic acid groups (broad SMARTS) is 1. The fraction of sp³-hybridized carbons (Fsp3) is 0.565. The number of fused-ring (bicyclic) bond motifs is 1. The smallest absolute Gasteiger partial charge is 0.339 e. The van der Waals surface area contributed by atoms with Crippen molar-refractivity contribution < 1.29 is 19.4 Å². The number of hydrogen-bond acceptors (Lipinski definition) is 5. The summed E-state index contributed by atoms with van der Waals surface area (Å²) in [5.74, 6) is -0.748. The maximum atomic E-state index is 12.6. The lowest BCUT2D eigenvalue weighted by atomic mass is 9.98. The second-order valence-corrected chi connectivity index (χ2v) is 8.14. The standard InChI is InChI=1S/C23H33NO5/c1-5-6-7-8-9-17-15(4)16-10-11-20(25)18(21(16)29-23(17)28)13-24-19(22(26)27)12-14(2)3/h10-11,14,19,24-25H,5-9,12-13H2,1-4H3,(H,26,27)/t19-/m0/s1. The van der Waals surface area contributed by atoms with Crippen molar-refractivity contribution in [2.24, 2.45) is 5.92 Å². The predicted octanol–water partition coefficient (Wildman–Crippen LogP) is 4.52. The molecule has 1 aromatic heterocycles. The van der Waals surface area contributed by atoms with Crippen molar-refractivity contribution in [2.45, 2.75) is 78.8 Å². The number of aryl methyl sites for hydroxylation is 1. The number of aromatic hydroxyl groups is 1. The monoisotopic (exact) mass is 403 g/mol. The summed E-state index contributed by atoms with van der Waals surface area (Å²) in [6.45, 7) is 8.06. The Labute approximate surface area is 171 Å². The summed E-state index contributed by atoms with van der Waals surface area (Å²) >= 11 is 0. The Kier molecular flexibility index (Phi) is 8.26. The van der Waals surface area contributed by atoms with E-state index in [4.69, 9.17) is 4.42 Å². The summed E-state index contributed by atoms with van der Waals surface area (Å²) in [7, 11) is 0. The van der Waals surface area contributed by atoms with Gasteiger partial charge in [-0.2, -0.15) is 0 Å². The minimum Gasteiger partial charge on any atom is -0.507 e. The Morgan fingerprint density at radius 3 is 2.52 bits per heavy atom. The van der Waals surface area contributed by atoms with Crippen LogP contribution in [0.15, 0.2) is 21.3 Å². The quantitative estimate of drug-likeness (QED) is 0.377. The van der Waals surface area contributed by atoms with Gasteiger partial charge in [0.05, 0.1) is 5.56 Å². The van der Waals surface area contributed by atoms with Crippen LogP contribution in [0.1, 0.15) is 69.6 Å². The van der Waals surface area contributed by atoms with Crippen molar-refractivity contribution >= 4 is 16.9 Å². The van der Waals surface area contributed by atoms with Gasteiger partial charge in [0.1, 0.15) is 17.4 Å². The van der Waals surface area contributed by atoms with Gasteiger partial charge in [-0.15, -0.1) is 0 Å². The maximum Gasteiger partial charge on any atom is 0.339 e. The van der Waals surface area contributed by atoms with E-state index in [9.17, 15) is 19.8 Å². The summed E-state index contributed by atoms with van der Waals surface area (Å²) in [4.78, 5) is 24.1. The molecule has 0 saturated heterocycles. The van der Waals surface area contributed by atoms with E-state index in [1.165, 1.54) is 0 Å². The molecule has 1 atom stereocenters.